The summed E-state index contributed by atoms with van der Waals surface area (Å²) in [6.45, 7) is 0. The lowest BCUT2D eigenvalue weighted by Gasteiger charge is -2.24. The molecule has 0 bridgehead atoms. The van der Waals surface area contributed by atoms with E-state index in [0.29, 0.717) is 0 Å². The number of para-hydroxylation sites is 2. The average Bonchev–Trinajstić information content (AvgIpc) is 3.39. The van der Waals surface area contributed by atoms with E-state index in [4.69, 9.17) is 9.40 Å². The van der Waals surface area contributed by atoms with Gasteiger partial charge in [0.05, 0.1) is 11.0 Å². The van der Waals surface area contributed by atoms with Crippen molar-refractivity contribution in [2.24, 2.45) is 0 Å². The first-order valence-corrected chi connectivity index (χ1v) is 13.3. The van der Waals surface area contributed by atoms with Gasteiger partial charge in [-0.3, -0.25) is 9.88 Å². The molecule has 0 atom stereocenters. The average molecular weight is 514 g/mol. The quantitative estimate of drug-likeness (QED) is 0.235. The predicted molar refractivity (Wildman–Crippen MR) is 164 cm³/mol. The second-order valence-corrected chi connectivity index (χ2v) is 9.94. The molecule has 0 aliphatic rings. The van der Waals surface area contributed by atoms with Gasteiger partial charge in [0.15, 0.2) is 0 Å². The number of fused-ring (bicyclic) bond motifs is 5. The Morgan fingerprint density at radius 2 is 1.30 bits per heavy atom. The van der Waals surface area contributed by atoms with Crippen molar-refractivity contribution in [1.82, 2.24) is 9.97 Å². The predicted octanol–water partition coefficient (Wildman–Crippen LogP) is 9.82. The zero-order valence-corrected chi connectivity index (χ0v) is 21.5. The standard InChI is InChI=1S/C36H23N3O/c1-2-8-28(9-3-1)39(29-16-18-35-31(23-29)30-10-4-5-11-34(30)40-35)36-19-15-24-12-13-26(22-33(24)38-36)25-14-17-32-27(21-25)7-6-20-37-32/h1-23H. The van der Waals surface area contributed by atoms with Crippen LogP contribution < -0.4 is 4.90 Å². The third-order valence-electron chi connectivity index (χ3n) is 7.48. The van der Waals surface area contributed by atoms with Crippen LogP contribution in [-0.2, 0) is 0 Å². The molecule has 8 rings (SSSR count). The van der Waals surface area contributed by atoms with Crippen molar-refractivity contribution in [3.8, 4) is 11.1 Å². The summed E-state index contributed by atoms with van der Waals surface area (Å²) in [4.78, 5) is 11.9. The van der Waals surface area contributed by atoms with Gasteiger partial charge in [-0.2, -0.15) is 0 Å². The Morgan fingerprint density at radius 1 is 0.500 bits per heavy atom. The number of anilines is 3. The lowest BCUT2D eigenvalue weighted by Crippen LogP contribution is -2.11. The molecular weight excluding hydrogens is 490 g/mol. The van der Waals surface area contributed by atoms with Crippen molar-refractivity contribution in [1.29, 1.82) is 0 Å². The highest BCUT2D eigenvalue weighted by Crippen LogP contribution is 2.38. The first-order chi connectivity index (χ1) is 19.8. The lowest BCUT2D eigenvalue weighted by molar-refractivity contribution is 0.669. The maximum Gasteiger partial charge on any atom is 0.138 e. The normalized spacial score (nSPS) is 11.5. The van der Waals surface area contributed by atoms with Gasteiger partial charge >= 0.3 is 0 Å². The van der Waals surface area contributed by atoms with E-state index in [1.54, 1.807) is 0 Å². The summed E-state index contributed by atoms with van der Waals surface area (Å²) in [7, 11) is 0. The first-order valence-electron chi connectivity index (χ1n) is 13.3. The van der Waals surface area contributed by atoms with Crippen molar-refractivity contribution >= 4 is 60.9 Å². The number of hydrogen-bond acceptors (Lipinski definition) is 4. The van der Waals surface area contributed by atoms with Gasteiger partial charge in [0, 0.05) is 39.1 Å². The Labute approximate surface area is 230 Å². The van der Waals surface area contributed by atoms with Crippen LogP contribution in [0.1, 0.15) is 0 Å². The van der Waals surface area contributed by atoms with E-state index in [2.05, 4.69) is 107 Å². The van der Waals surface area contributed by atoms with Crippen LogP contribution in [0.15, 0.2) is 144 Å². The summed E-state index contributed by atoms with van der Waals surface area (Å²) in [6, 6.07) is 46.1. The first kappa shape index (κ1) is 22.5. The fourth-order valence-corrected chi connectivity index (χ4v) is 5.51. The van der Waals surface area contributed by atoms with Crippen molar-refractivity contribution in [2.45, 2.75) is 0 Å². The van der Waals surface area contributed by atoms with Crippen LogP contribution in [-0.4, -0.2) is 9.97 Å². The van der Waals surface area contributed by atoms with E-state index in [1.165, 1.54) is 0 Å². The molecule has 0 spiro atoms. The zero-order chi connectivity index (χ0) is 26.5. The molecule has 0 unspecified atom stereocenters. The minimum Gasteiger partial charge on any atom is -0.456 e. The Kier molecular flexibility index (Phi) is 5.10. The molecule has 0 saturated carbocycles. The van der Waals surface area contributed by atoms with Gasteiger partial charge in [0.25, 0.3) is 0 Å². The number of pyridine rings is 2. The van der Waals surface area contributed by atoms with Crippen molar-refractivity contribution < 1.29 is 4.42 Å². The maximum atomic E-state index is 6.10. The van der Waals surface area contributed by atoms with Gasteiger partial charge in [-0.25, -0.2) is 4.98 Å². The molecule has 0 aliphatic heterocycles. The number of hydrogen-bond donors (Lipinski definition) is 0. The second kappa shape index (κ2) is 9.07. The van der Waals surface area contributed by atoms with Gasteiger partial charge in [-0.15, -0.1) is 0 Å². The molecule has 3 aromatic heterocycles. The molecule has 0 radical (unpaired) electrons. The largest absolute Gasteiger partial charge is 0.456 e. The zero-order valence-electron chi connectivity index (χ0n) is 21.5. The SMILES string of the molecule is c1ccc(N(c2ccc3oc4ccccc4c3c2)c2ccc3ccc(-c4ccc5ncccc5c4)cc3n2)cc1. The molecular formula is C36H23N3O. The fourth-order valence-electron chi connectivity index (χ4n) is 5.51. The van der Waals surface area contributed by atoms with E-state index >= 15 is 0 Å². The molecule has 4 heteroatoms. The molecule has 3 heterocycles. The summed E-state index contributed by atoms with van der Waals surface area (Å²) < 4.78 is 6.10. The highest BCUT2D eigenvalue weighted by atomic mass is 16.3. The summed E-state index contributed by atoms with van der Waals surface area (Å²) >= 11 is 0. The number of benzene rings is 5. The Balaban J connectivity index is 1.28. The monoisotopic (exact) mass is 513 g/mol. The van der Waals surface area contributed by atoms with E-state index in [-0.39, 0.29) is 0 Å². The summed E-state index contributed by atoms with van der Waals surface area (Å²) in [6.07, 6.45) is 1.83. The molecule has 0 fully saturated rings. The number of rotatable bonds is 4. The molecule has 188 valence electrons. The maximum absolute atomic E-state index is 6.10. The molecule has 8 aromatic rings. The number of aromatic nitrogens is 2. The van der Waals surface area contributed by atoms with Crippen molar-refractivity contribution in [2.75, 3.05) is 4.90 Å². The second-order valence-electron chi connectivity index (χ2n) is 9.94. The fraction of sp³-hybridized carbons (Fsp3) is 0. The van der Waals surface area contributed by atoms with Crippen LogP contribution >= 0.6 is 0 Å². The van der Waals surface area contributed by atoms with Crippen LogP contribution in [0.4, 0.5) is 17.2 Å². The summed E-state index contributed by atoms with van der Waals surface area (Å²) in [5.74, 6) is 0.853. The number of nitrogens with zero attached hydrogens (tertiary/aromatic N) is 3. The molecule has 0 aliphatic carbocycles. The van der Waals surface area contributed by atoms with Gasteiger partial charge in [-0.05, 0) is 83.9 Å². The third kappa shape index (κ3) is 3.77. The summed E-state index contributed by atoms with van der Waals surface area (Å²) in [5.41, 5.74) is 8.04. The minimum absolute atomic E-state index is 0.853. The number of furan rings is 1. The van der Waals surface area contributed by atoms with E-state index in [9.17, 15) is 0 Å². The lowest BCUT2D eigenvalue weighted by atomic mass is 10.0. The highest BCUT2D eigenvalue weighted by molar-refractivity contribution is 6.06. The Bertz CT molecular complexity index is 2180. The molecule has 40 heavy (non-hydrogen) atoms. The van der Waals surface area contributed by atoms with Crippen LogP contribution in [0.5, 0.6) is 0 Å². The smallest absolute Gasteiger partial charge is 0.138 e. The van der Waals surface area contributed by atoms with E-state index < -0.39 is 0 Å². The summed E-state index contributed by atoms with van der Waals surface area (Å²) in [5, 5.41) is 4.41. The van der Waals surface area contributed by atoms with Crippen LogP contribution in [0.2, 0.25) is 0 Å². The minimum atomic E-state index is 0.853. The Morgan fingerprint density at radius 3 is 2.25 bits per heavy atom. The van der Waals surface area contributed by atoms with Crippen LogP contribution in [0.25, 0.3) is 54.9 Å². The van der Waals surface area contributed by atoms with Crippen molar-refractivity contribution in [3.63, 3.8) is 0 Å². The molecule has 0 N–H and O–H groups in total. The van der Waals surface area contributed by atoms with Crippen LogP contribution in [0, 0.1) is 0 Å². The van der Waals surface area contributed by atoms with Gasteiger partial charge in [0.2, 0.25) is 0 Å². The molecule has 0 saturated heterocycles. The highest BCUT2D eigenvalue weighted by Gasteiger charge is 2.17. The molecule has 4 nitrogen and oxygen atoms in total. The topological polar surface area (TPSA) is 42.2 Å². The van der Waals surface area contributed by atoms with Gasteiger partial charge in [-0.1, -0.05) is 60.7 Å². The Hall–Kier alpha value is -5.48. The van der Waals surface area contributed by atoms with E-state index in [1.807, 2.05) is 42.6 Å². The molecule has 5 aromatic carbocycles. The van der Waals surface area contributed by atoms with Gasteiger partial charge < -0.3 is 4.42 Å². The molecule has 0 amide bonds. The van der Waals surface area contributed by atoms with Gasteiger partial charge in [0.1, 0.15) is 17.0 Å². The van der Waals surface area contributed by atoms with Crippen molar-refractivity contribution in [3.05, 3.63) is 140 Å². The third-order valence-corrected chi connectivity index (χ3v) is 7.48. The van der Waals surface area contributed by atoms with E-state index in [0.717, 1.165) is 72.1 Å². The van der Waals surface area contributed by atoms with Crippen LogP contribution in [0.3, 0.4) is 0 Å².